The number of hydrogen-bond donors (Lipinski definition) is 2. The summed E-state index contributed by atoms with van der Waals surface area (Å²) < 4.78 is 5.46. The van der Waals surface area contributed by atoms with Gasteiger partial charge in [-0.2, -0.15) is 0 Å². The van der Waals surface area contributed by atoms with E-state index in [-0.39, 0.29) is 12.1 Å². The van der Waals surface area contributed by atoms with Crippen LogP contribution in [0.1, 0.15) is 31.0 Å². The van der Waals surface area contributed by atoms with E-state index < -0.39 is 0 Å². The van der Waals surface area contributed by atoms with Crippen LogP contribution in [0.4, 0.5) is 5.82 Å². The average Bonchev–Trinajstić information content (AvgIpc) is 2.17. The molecule has 1 rings (SSSR count). The van der Waals surface area contributed by atoms with E-state index in [1.165, 1.54) is 0 Å². The van der Waals surface area contributed by atoms with Crippen molar-refractivity contribution < 1.29 is 4.74 Å². The van der Waals surface area contributed by atoms with Crippen LogP contribution in [0.2, 0.25) is 0 Å². The van der Waals surface area contributed by atoms with Crippen LogP contribution in [0.5, 0.6) is 0 Å². The van der Waals surface area contributed by atoms with Gasteiger partial charge in [0.1, 0.15) is 5.82 Å². The van der Waals surface area contributed by atoms with Crippen molar-refractivity contribution in [2.75, 3.05) is 12.3 Å². The van der Waals surface area contributed by atoms with Gasteiger partial charge in [0.15, 0.2) is 0 Å². The van der Waals surface area contributed by atoms with Crippen molar-refractivity contribution in [3.05, 3.63) is 23.4 Å². The van der Waals surface area contributed by atoms with Crippen molar-refractivity contribution in [1.82, 2.24) is 4.98 Å². The lowest BCUT2D eigenvalue weighted by atomic mass is 9.99. The molecule has 0 saturated heterocycles. The lowest BCUT2D eigenvalue weighted by molar-refractivity contribution is 0.0574. The standard InChI is InChI=1S/C11H19N3O/c1-4-15-8(3)10(12)9-7(2)5-6-14-11(9)13/h5-6,8,10H,4,12H2,1-3H3,(H2,13,14). The van der Waals surface area contributed by atoms with Crippen LogP contribution in [0, 0.1) is 6.92 Å². The Kier molecular flexibility index (Phi) is 4.05. The zero-order valence-corrected chi connectivity index (χ0v) is 9.53. The van der Waals surface area contributed by atoms with Gasteiger partial charge < -0.3 is 16.2 Å². The van der Waals surface area contributed by atoms with Crippen LogP contribution < -0.4 is 11.5 Å². The number of aryl methyl sites for hydroxylation is 1. The maximum atomic E-state index is 6.08. The van der Waals surface area contributed by atoms with Crippen LogP contribution in [0.15, 0.2) is 12.3 Å². The highest BCUT2D eigenvalue weighted by molar-refractivity contribution is 5.46. The number of nitrogen functional groups attached to an aromatic ring is 1. The number of rotatable bonds is 4. The van der Waals surface area contributed by atoms with Gasteiger partial charge in [0.2, 0.25) is 0 Å². The molecule has 2 atom stereocenters. The molecule has 1 aromatic heterocycles. The second-order valence-electron chi connectivity index (χ2n) is 3.61. The molecule has 4 N–H and O–H groups in total. The zero-order chi connectivity index (χ0) is 11.4. The molecule has 0 amide bonds. The van der Waals surface area contributed by atoms with Crippen molar-refractivity contribution >= 4 is 5.82 Å². The summed E-state index contributed by atoms with van der Waals surface area (Å²) >= 11 is 0. The molecule has 0 spiro atoms. The Hall–Kier alpha value is -1.13. The Morgan fingerprint density at radius 2 is 2.20 bits per heavy atom. The third-order valence-electron chi connectivity index (χ3n) is 2.51. The predicted octanol–water partition coefficient (Wildman–Crippen LogP) is 1.40. The Balaban J connectivity index is 2.94. The van der Waals surface area contributed by atoms with Crippen LogP contribution in [0.3, 0.4) is 0 Å². The number of nitrogens with zero attached hydrogens (tertiary/aromatic N) is 1. The molecule has 0 radical (unpaired) electrons. The van der Waals surface area contributed by atoms with Crippen LogP contribution in [0.25, 0.3) is 0 Å². The van der Waals surface area contributed by atoms with Crippen LogP contribution in [-0.4, -0.2) is 17.7 Å². The Morgan fingerprint density at radius 3 is 2.73 bits per heavy atom. The monoisotopic (exact) mass is 209 g/mol. The summed E-state index contributed by atoms with van der Waals surface area (Å²) in [6.45, 7) is 6.52. The number of aromatic nitrogens is 1. The molecule has 4 nitrogen and oxygen atoms in total. The average molecular weight is 209 g/mol. The zero-order valence-electron chi connectivity index (χ0n) is 9.53. The van der Waals surface area contributed by atoms with Gasteiger partial charge in [-0.05, 0) is 32.4 Å². The number of pyridine rings is 1. The third kappa shape index (κ3) is 2.67. The van der Waals surface area contributed by atoms with Gasteiger partial charge in [-0.3, -0.25) is 0 Å². The Morgan fingerprint density at radius 1 is 1.53 bits per heavy atom. The third-order valence-corrected chi connectivity index (χ3v) is 2.51. The summed E-state index contributed by atoms with van der Waals surface area (Å²) in [6.07, 6.45) is 1.63. The Bertz CT molecular complexity index is 307. The summed E-state index contributed by atoms with van der Waals surface area (Å²) in [5.74, 6) is 0.494. The summed E-state index contributed by atoms with van der Waals surface area (Å²) in [5.41, 5.74) is 13.8. The van der Waals surface area contributed by atoms with Gasteiger partial charge in [-0.1, -0.05) is 0 Å². The quantitative estimate of drug-likeness (QED) is 0.786. The Labute approximate surface area is 90.6 Å². The minimum atomic E-state index is -0.223. The van der Waals surface area contributed by atoms with Gasteiger partial charge in [-0.15, -0.1) is 0 Å². The van der Waals surface area contributed by atoms with E-state index in [9.17, 15) is 0 Å². The molecular formula is C11H19N3O. The first-order chi connectivity index (χ1) is 7.07. The molecule has 15 heavy (non-hydrogen) atoms. The first-order valence-corrected chi connectivity index (χ1v) is 5.16. The van der Waals surface area contributed by atoms with E-state index in [4.69, 9.17) is 16.2 Å². The van der Waals surface area contributed by atoms with E-state index in [0.29, 0.717) is 12.4 Å². The van der Waals surface area contributed by atoms with Crippen molar-refractivity contribution in [2.24, 2.45) is 5.73 Å². The van der Waals surface area contributed by atoms with Gasteiger partial charge >= 0.3 is 0 Å². The van der Waals surface area contributed by atoms with Gasteiger partial charge in [-0.25, -0.2) is 4.98 Å². The molecular weight excluding hydrogens is 190 g/mol. The maximum absolute atomic E-state index is 6.08. The molecule has 1 aromatic rings. The smallest absolute Gasteiger partial charge is 0.128 e. The molecule has 0 aliphatic heterocycles. The molecule has 0 aromatic carbocycles. The minimum absolute atomic E-state index is 0.0554. The van der Waals surface area contributed by atoms with Gasteiger partial charge in [0, 0.05) is 18.4 Å². The van der Waals surface area contributed by atoms with Crippen molar-refractivity contribution in [2.45, 2.75) is 32.9 Å². The molecule has 0 saturated carbocycles. The fourth-order valence-corrected chi connectivity index (χ4v) is 1.63. The van der Waals surface area contributed by atoms with E-state index in [1.807, 2.05) is 26.8 Å². The fraction of sp³-hybridized carbons (Fsp3) is 0.545. The van der Waals surface area contributed by atoms with Crippen molar-refractivity contribution in [1.29, 1.82) is 0 Å². The molecule has 1 heterocycles. The summed E-state index contributed by atoms with van der Waals surface area (Å²) in [7, 11) is 0. The van der Waals surface area contributed by atoms with Gasteiger partial charge in [0.25, 0.3) is 0 Å². The second-order valence-corrected chi connectivity index (χ2v) is 3.61. The number of hydrogen-bond acceptors (Lipinski definition) is 4. The molecule has 0 fully saturated rings. The van der Waals surface area contributed by atoms with Crippen LogP contribution >= 0.6 is 0 Å². The fourth-order valence-electron chi connectivity index (χ4n) is 1.63. The van der Waals surface area contributed by atoms with E-state index >= 15 is 0 Å². The highest BCUT2D eigenvalue weighted by Gasteiger charge is 2.19. The minimum Gasteiger partial charge on any atom is -0.383 e. The lowest BCUT2D eigenvalue weighted by Gasteiger charge is -2.22. The molecule has 84 valence electrons. The van der Waals surface area contributed by atoms with E-state index in [2.05, 4.69) is 4.98 Å². The number of anilines is 1. The first kappa shape index (κ1) is 11.9. The second kappa shape index (κ2) is 5.09. The van der Waals surface area contributed by atoms with Gasteiger partial charge in [0.05, 0.1) is 12.1 Å². The van der Waals surface area contributed by atoms with Crippen molar-refractivity contribution in [3.8, 4) is 0 Å². The summed E-state index contributed by atoms with van der Waals surface area (Å²) in [6, 6.07) is 1.68. The molecule has 0 aliphatic carbocycles. The van der Waals surface area contributed by atoms with E-state index in [1.54, 1.807) is 6.20 Å². The normalized spacial score (nSPS) is 14.9. The highest BCUT2D eigenvalue weighted by atomic mass is 16.5. The SMILES string of the molecule is CCOC(C)C(N)c1c(C)ccnc1N. The highest BCUT2D eigenvalue weighted by Crippen LogP contribution is 2.24. The summed E-state index contributed by atoms with van der Waals surface area (Å²) in [4.78, 5) is 4.05. The largest absolute Gasteiger partial charge is 0.383 e. The molecule has 0 aliphatic rings. The molecule has 2 unspecified atom stereocenters. The predicted molar refractivity (Wildman–Crippen MR) is 61.4 cm³/mol. The number of ether oxygens (including phenoxy) is 1. The topological polar surface area (TPSA) is 74.2 Å². The maximum Gasteiger partial charge on any atom is 0.128 e. The molecule has 0 bridgehead atoms. The summed E-state index contributed by atoms with van der Waals surface area (Å²) in [5, 5.41) is 0. The number of nitrogens with two attached hydrogens (primary N) is 2. The van der Waals surface area contributed by atoms with E-state index in [0.717, 1.165) is 11.1 Å². The van der Waals surface area contributed by atoms with Crippen LogP contribution in [-0.2, 0) is 4.74 Å². The lowest BCUT2D eigenvalue weighted by Crippen LogP contribution is -2.28. The van der Waals surface area contributed by atoms with Crippen molar-refractivity contribution in [3.63, 3.8) is 0 Å². The first-order valence-electron chi connectivity index (χ1n) is 5.16. The molecule has 4 heteroatoms.